The molecule has 5 aromatic rings. The van der Waals surface area contributed by atoms with Crippen molar-refractivity contribution in [1.29, 1.82) is 0 Å². The van der Waals surface area contributed by atoms with E-state index in [4.69, 9.17) is 21.7 Å². The highest BCUT2D eigenvalue weighted by Gasteiger charge is 2.10. The first-order chi connectivity index (χ1) is 16.4. The van der Waals surface area contributed by atoms with Gasteiger partial charge in [-0.3, -0.25) is 0 Å². The number of aryl methyl sites for hydroxylation is 1. The van der Waals surface area contributed by atoms with Crippen LogP contribution in [-0.4, -0.2) is 31.0 Å². The second kappa shape index (κ2) is 9.05. The lowest BCUT2D eigenvalue weighted by Crippen LogP contribution is -2.04. The van der Waals surface area contributed by atoms with Gasteiger partial charge in [-0.2, -0.15) is 15.0 Å². The Hall–Kier alpha value is -4.08. The number of hydrogen-bond donors (Lipinski definition) is 3. The number of thiazole rings is 1. The molecular weight excluding hydrogens is 472 g/mol. The number of benzene rings is 3. The number of carboxylic acid groups (broad SMARTS) is 1. The number of nitrogens with one attached hydrogen (secondary N) is 2. The molecule has 2 aromatic heterocycles. The number of aromatic nitrogens is 4. The fourth-order valence-corrected chi connectivity index (χ4v) is 4.53. The maximum absolute atomic E-state index is 11.2. The molecule has 0 unspecified atom stereocenters. The van der Waals surface area contributed by atoms with Crippen molar-refractivity contribution in [3.8, 4) is 10.6 Å². The van der Waals surface area contributed by atoms with Gasteiger partial charge >= 0.3 is 5.97 Å². The summed E-state index contributed by atoms with van der Waals surface area (Å²) < 4.78 is 1.16. The van der Waals surface area contributed by atoms with Crippen LogP contribution in [0, 0.1) is 6.92 Å². The minimum atomic E-state index is -1.02. The Morgan fingerprint density at radius 2 is 1.62 bits per heavy atom. The van der Waals surface area contributed by atoms with Crippen molar-refractivity contribution in [2.45, 2.75) is 6.92 Å². The predicted octanol–water partition coefficient (Wildman–Crippen LogP) is 6.30. The average Bonchev–Trinajstić information content (AvgIpc) is 3.22. The molecule has 0 fully saturated rings. The van der Waals surface area contributed by atoms with E-state index in [0.29, 0.717) is 5.69 Å². The van der Waals surface area contributed by atoms with Gasteiger partial charge in [-0.05, 0) is 78.7 Å². The van der Waals surface area contributed by atoms with Crippen LogP contribution < -0.4 is 10.6 Å². The molecule has 0 aliphatic carbocycles. The van der Waals surface area contributed by atoms with Gasteiger partial charge in [0.15, 0.2) is 0 Å². The largest absolute Gasteiger partial charge is 0.478 e. The quantitative estimate of drug-likeness (QED) is 0.255. The van der Waals surface area contributed by atoms with E-state index in [2.05, 4.69) is 44.6 Å². The Balaban J connectivity index is 1.34. The van der Waals surface area contributed by atoms with Gasteiger partial charge in [0.05, 0.1) is 15.8 Å². The molecule has 0 atom stereocenters. The zero-order chi connectivity index (χ0) is 23.7. The zero-order valence-corrected chi connectivity index (χ0v) is 19.4. The number of rotatable bonds is 6. The average molecular weight is 489 g/mol. The molecule has 168 valence electrons. The van der Waals surface area contributed by atoms with Crippen LogP contribution in [-0.2, 0) is 0 Å². The summed E-state index contributed by atoms with van der Waals surface area (Å²) in [4.78, 5) is 28.4. The number of carbonyl (C=O) groups is 1. The van der Waals surface area contributed by atoms with E-state index in [-0.39, 0.29) is 22.7 Å². The van der Waals surface area contributed by atoms with Crippen LogP contribution in [0.2, 0.25) is 5.28 Å². The third-order valence-corrected chi connectivity index (χ3v) is 6.14. The first-order valence-electron chi connectivity index (χ1n) is 10.2. The van der Waals surface area contributed by atoms with E-state index in [1.807, 2.05) is 30.3 Å². The van der Waals surface area contributed by atoms with Gasteiger partial charge in [0.1, 0.15) is 5.01 Å². The number of halogens is 1. The minimum absolute atomic E-state index is 0.00391. The molecule has 0 spiro atoms. The maximum atomic E-state index is 11.2. The molecule has 8 nitrogen and oxygen atoms in total. The summed E-state index contributed by atoms with van der Waals surface area (Å²) in [7, 11) is 0. The van der Waals surface area contributed by atoms with E-state index < -0.39 is 5.97 Å². The van der Waals surface area contributed by atoms with Gasteiger partial charge in [-0.25, -0.2) is 9.78 Å². The lowest BCUT2D eigenvalue weighted by Gasteiger charge is -2.09. The Morgan fingerprint density at radius 1 is 0.882 bits per heavy atom. The monoisotopic (exact) mass is 488 g/mol. The molecule has 0 aliphatic heterocycles. The summed E-state index contributed by atoms with van der Waals surface area (Å²) in [6, 6.07) is 20.3. The second-order valence-electron chi connectivity index (χ2n) is 7.46. The van der Waals surface area contributed by atoms with Gasteiger partial charge in [0.2, 0.25) is 17.2 Å². The fraction of sp³-hybridized carbons (Fsp3) is 0.0417. The smallest absolute Gasteiger partial charge is 0.335 e. The van der Waals surface area contributed by atoms with Crippen LogP contribution in [0.5, 0.6) is 0 Å². The van der Waals surface area contributed by atoms with Crippen molar-refractivity contribution in [3.63, 3.8) is 0 Å². The molecule has 3 aromatic carbocycles. The van der Waals surface area contributed by atoms with Gasteiger partial charge < -0.3 is 15.7 Å². The van der Waals surface area contributed by atoms with E-state index in [1.165, 1.54) is 17.7 Å². The molecule has 5 rings (SSSR count). The molecular formula is C24H17ClN6O2S. The standard InChI is InChI=1S/C24H17ClN6O2S/c1-13-5-10-18-19(11-13)34-20(28-18)14-6-8-16(9-7-14)26-23-29-22(25)30-24(31-23)27-17-4-2-3-15(12-17)21(32)33/h2-12H,1H3,(H,32,33)(H2,26,27,29,30,31). The first kappa shape index (κ1) is 21.7. The number of carboxylic acids is 1. The third kappa shape index (κ3) is 4.80. The Bertz CT molecular complexity index is 1520. The van der Waals surface area contributed by atoms with Crippen molar-refractivity contribution in [1.82, 2.24) is 19.9 Å². The van der Waals surface area contributed by atoms with Crippen LogP contribution in [0.25, 0.3) is 20.8 Å². The molecule has 10 heteroatoms. The molecule has 0 bridgehead atoms. The van der Waals surface area contributed by atoms with Gasteiger partial charge in [0, 0.05) is 16.9 Å². The summed E-state index contributed by atoms with van der Waals surface area (Å²) in [5.74, 6) is -0.587. The number of nitrogens with zero attached hydrogens (tertiary/aromatic N) is 4. The molecule has 34 heavy (non-hydrogen) atoms. The maximum Gasteiger partial charge on any atom is 0.335 e. The highest BCUT2D eigenvalue weighted by atomic mass is 35.5. The summed E-state index contributed by atoms with van der Waals surface area (Å²) >= 11 is 7.73. The van der Waals surface area contributed by atoms with Gasteiger partial charge in [-0.1, -0.05) is 12.1 Å². The number of hydrogen-bond acceptors (Lipinski definition) is 8. The number of aromatic carboxylic acids is 1. The van der Waals surface area contributed by atoms with Crippen LogP contribution in [0.1, 0.15) is 15.9 Å². The normalized spacial score (nSPS) is 10.9. The lowest BCUT2D eigenvalue weighted by molar-refractivity contribution is 0.0697. The molecule has 0 saturated heterocycles. The Kier molecular flexibility index (Phi) is 5.79. The van der Waals surface area contributed by atoms with Gasteiger partial charge in [0.25, 0.3) is 0 Å². The van der Waals surface area contributed by atoms with Crippen LogP contribution >= 0.6 is 22.9 Å². The third-order valence-electron chi connectivity index (χ3n) is 4.91. The topological polar surface area (TPSA) is 113 Å². The van der Waals surface area contributed by atoms with Crippen LogP contribution in [0.15, 0.2) is 66.7 Å². The predicted molar refractivity (Wildman–Crippen MR) is 135 cm³/mol. The molecule has 0 saturated carbocycles. The van der Waals surface area contributed by atoms with Crippen molar-refractivity contribution < 1.29 is 9.90 Å². The summed E-state index contributed by atoms with van der Waals surface area (Å²) in [6.45, 7) is 2.07. The van der Waals surface area contributed by atoms with E-state index in [1.54, 1.807) is 23.5 Å². The fourth-order valence-electron chi connectivity index (χ4n) is 3.30. The Morgan fingerprint density at radius 3 is 2.35 bits per heavy atom. The minimum Gasteiger partial charge on any atom is -0.478 e. The van der Waals surface area contributed by atoms with Gasteiger partial charge in [-0.15, -0.1) is 11.3 Å². The highest BCUT2D eigenvalue weighted by molar-refractivity contribution is 7.21. The van der Waals surface area contributed by atoms with Crippen LogP contribution in [0.3, 0.4) is 0 Å². The summed E-state index contributed by atoms with van der Waals surface area (Å²) in [5.41, 5.74) is 4.64. The second-order valence-corrected chi connectivity index (χ2v) is 8.82. The van der Waals surface area contributed by atoms with E-state index >= 15 is 0 Å². The SMILES string of the molecule is Cc1ccc2nc(-c3ccc(Nc4nc(Cl)nc(Nc5cccc(C(=O)O)c5)n4)cc3)sc2c1. The summed E-state index contributed by atoms with van der Waals surface area (Å²) in [5, 5.41) is 16.2. The molecule has 2 heterocycles. The lowest BCUT2D eigenvalue weighted by atomic mass is 10.2. The van der Waals surface area contributed by atoms with Crippen molar-refractivity contribution in [3.05, 3.63) is 83.1 Å². The van der Waals surface area contributed by atoms with Crippen molar-refractivity contribution in [2.75, 3.05) is 10.6 Å². The number of fused-ring (bicyclic) bond motifs is 1. The summed E-state index contributed by atoms with van der Waals surface area (Å²) in [6.07, 6.45) is 0. The number of anilines is 4. The first-order valence-corrected chi connectivity index (χ1v) is 11.4. The van der Waals surface area contributed by atoms with Crippen molar-refractivity contribution >= 4 is 62.4 Å². The zero-order valence-electron chi connectivity index (χ0n) is 17.8. The highest BCUT2D eigenvalue weighted by Crippen LogP contribution is 2.31. The van der Waals surface area contributed by atoms with E-state index in [9.17, 15) is 4.79 Å². The molecule has 3 N–H and O–H groups in total. The molecule has 0 amide bonds. The van der Waals surface area contributed by atoms with Crippen molar-refractivity contribution in [2.24, 2.45) is 0 Å². The van der Waals surface area contributed by atoms with Crippen LogP contribution in [0.4, 0.5) is 23.3 Å². The Labute approximate surface area is 203 Å². The molecule has 0 radical (unpaired) electrons. The molecule has 0 aliphatic rings. The van der Waals surface area contributed by atoms with E-state index in [0.717, 1.165) is 26.5 Å².